The van der Waals surface area contributed by atoms with Crippen LogP contribution < -0.4 is 0 Å². The maximum atomic E-state index is 10.4. The second-order valence-corrected chi connectivity index (χ2v) is 3.40. The molecule has 0 heterocycles. The Morgan fingerprint density at radius 1 is 1.64 bits per heavy atom. The molecule has 1 aliphatic carbocycles. The van der Waals surface area contributed by atoms with E-state index < -0.39 is 11.6 Å². The van der Waals surface area contributed by atoms with Gasteiger partial charge in [0.1, 0.15) is 5.60 Å². The number of aliphatic hydroxyl groups is 1. The molecule has 4 heteroatoms. The van der Waals surface area contributed by atoms with Gasteiger partial charge in [-0.25, -0.2) is 0 Å². The minimum absolute atomic E-state index is 0.362. The van der Waals surface area contributed by atoms with Crippen molar-refractivity contribution in [3.63, 3.8) is 0 Å². The third kappa shape index (κ3) is 1.68. The van der Waals surface area contributed by atoms with E-state index in [0.29, 0.717) is 12.8 Å². The smallest absolute Gasteiger partial charge is 0.241 e. The van der Waals surface area contributed by atoms with Crippen LogP contribution in [0, 0.1) is 10.1 Å². The van der Waals surface area contributed by atoms with Crippen LogP contribution >= 0.6 is 0 Å². The van der Waals surface area contributed by atoms with Crippen LogP contribution in [0.4, 0.5) is 0 Å². The molecule has 0 spiro atoms. The van der Waals surface area contributed by atoms with E-state index in [1.165, 1.54) is 0 Å². The van der Waals surface area contributed by atoms with Gasteiger partial charge in [-0.3, -0.25) is 10.1 Å². The van der Waals surface area contributed by atoms with Crippen LogP contribution in [0.15, 0.2) is 0 Å². The Hall–Kier alpha value is -0.640. The van der Waals surface area contributed by atoms with Gasteiger partial charge in [-0.2, -0.15) is 0 Å². The summed E-state index contributed by atoms with van der Waals surface area (Å²) < 4.78 is 0. The van der Waals surface area contributed by atoms with Crippen molar-refractivity contribution in [1.29, 1.82) is 0 Å². The molecule has 64 valence electrons. The summed E-state index contributed by atoms with van der Waals surface area (Å²) in [6.45, 7) is 1.56. The quantitative estimate of drug-likeness (QED) is 0.457. The summed E-state index contributed by atoms with van der Waals surface area (Å²) in [5.41, 5.74) is -1.08. The predicted octanol–water partition coefficient (Wildman–Crippen LogP) is 0.957. The molecule has 0 aromatic rings. The molecular formula is C7H13NO3. The molecule has 1 fully saturated rings. The van der Waals surface area contributed by atoms with Gasteiger partial charge in [0.2, 0.25) is 6.04 Å². The molecule has 0 saturated heterocycles. The van der Waals surface area contributed by atoms with Crippen LogP contribution in [-0.4, -0.2) is 21.7 Å². The summed E-state index contributed by atoms with van der Waals surface area (Å²) in [5, 5.41) is 20.0. The van der Waals surface area contributed by atoms with E-state index in [2.05, 4.69) is 0 Å². The lowest BCUT2D eigenvalue weighted by molar-refractivity contribution is -0.548. The van der Waals surface area contributed by atoms with Crippen molar-refractivity contribution in [2.24, 2.45) is 0 Å². The van der Waals surface area contributed by atoms with E-state index in [1.807, 2.05) is 0 Å². The number of rotatable bonds is 1. The van der Waals surface area contributed by atoms with Gasteiger partial charge in [0.15, 0.2) is 0 Å². The molecular weight excluding hydrogens is 146 g/mol. The van der Waals surface area contributed by atoms with Crippen LogP contribution in [0.2, 0.25) is 0 Å². The van der Waals surface area contributed by atoms with Crippen molar-refractivity contribution in [3.05, 3.63) is 10.1 Å². The Labute approximate surface area is 65.4 Å². The molecule has 1 N–H and O–H groups in total. The largest absolute Gasteiger partial charge is 0.383 e. The van der Waals surface area contributed by atoms with Crippen molar-refractivity contribution >= 4 is 0 Å². The summed E-state index contributed by atoms with van der Waals surface area (Å²) in [6.07, 6.45) is 2.83. The van der Waals surface area contributed by atoms with Gasteiger partial charge in [0, 0.05) is 11.3 Å². The van der Waals surface area contributed by atoms with E-state index in [1.54, 1.807) is 6.92 Å². The summed E-state index contributed by atoms with van der Waals surface area (Å²) in [5.74, 6) is 0. The minimum Gasteiger partial charge on any atom is -0.383 e. The summed E-state index contributed by atoms with van der Waals surface area (Å²) in [4.78, 5) is 10.1. The molecule has 11 heavy (non-hydrogen) atoms. The lowest BCUT2D eigenvalue weighted by Crippen LogP contribution is -2.46. The van der Waals surface area contributed by atoms with Gasteiger partial charge in [0.05, 0.1) is 0 Å². The fraction of sp³-hybridized carbons (Fsp3) is 1.00. The van der Waals surface area contributed by atoms with Crippen molar-refractivity contribution in [1.82, 2.24) is 0 Å². The molecule has 0 amide bonds. The zero-order valence-corrected chi connectivity index (χ0v) is 6.62. The zero-order chi connectivity index (χ0) is 8.48. The third-order valence-corrected chi connectivity index (χ3v) is 2.38. The summed E-state index contributed by atoms with van der Waals surface area (Å²) in [6, 6.07) is -0.753. The van der Waals surface area contributed by atoms with Gasteiger partial charge >= 0.3 is 0 Å². The molecule has 0 radical (unpaired) electrons. The lowest BCUT2D eigenvalue weighted by atomic mass is 9.82. The number of nitro groups is 1. The highest BCUT2D eigenvalue weighted by Crippen LogP contribution is 2.29. The van der Waals surface area contributed by atoms with E-state index in [-0.39, 0.29) is 4.92 Å². The van der Waals surface area contributed by atoms with Gasteiger partial charge in [-0.05, 0) is 19.8 Å². The molecule has 1 saturated carbocycles. The fourth-order valence-corrected chi connectivity index (χ4v) is 1.63. The Morgan fingerprint density at radius 2 is 2.27 bits per heavy atom. The normalized spacial score (nSPS) is 38.5. The molecule has 0 aromatic heterocycles. The molecule has 1 aliphatic rings. The van der Waals surface area contributed by atoms with E-state index >= 15 is 0 Å². The minimum atomic E-state index is -1.08. The first-order valence-corrected chi connectivity index (χ1v) is 3.90. The average Bonchev–Trinajstić information content (AvgIpc) is 1.85. The standard InChI is InChI=1S/C7H13NO3/c1-7(9)5-3-2-4-6(7)8(10)11/h6,9H,2-5H2,1H3/t6-,7-/m1/s1. The highest BCUT2D eigenvalue weighted by Gasteiger charge is 2.42. The monoisotopic (exact) mass is 159 g/mol. The maximum Gasteiger partial charge on any atom is 0.241 e. The van der Waals surface area contributed by atoms with Crippen LogP contribution in [0.25, 0.3) is 0 Å². The SMILES string of the molecule is C[C@@]1(O)CCCC[C@H]1[N+](=O)[O-]. The molecule has 2 atom stereocenters. The Balaban J connectivity index is 2.67. The topological polar surface area (TPSA) is 63.4 Å². The number of hydrogen-bond acceptors (Lipinski definition) is 3. The van der Waals surface area contributed by atoms with Gasteiger partial charge in [0.25, 0.3) is 0 Å². The number of nitrogens with zero attached hydrogens (tertiary/aromatic N) is 1. The predicted molar refractivity (Wildman–Crippen MR) is 39.9 cm³/mol. The third-order valence-electron chi connectivity index (χ3n) is 2.38. The Bertz CT molecular complexity index is 167. The van der Waals surface area contributed by atoms with Crippen LogP contribution in [0.5, 0.6) is 0 Å². The van der Waals surface area contributed by atoms with Crippen LogP contribution in [0.3, 0.4) is 0 Å². The van der Waals surface area contributed by atoms with E-state index in [9.17, 15) is 15.2 Å². The second kappa shape index (κ2) is 2.77. The van der Waals surface area contributed by atoms with Crippen molar-refractivity contribution in [3.8, 4) is 0 Å². The molecule has 0 bridgehead atoms. The van der Waals surface area contributed by atoms with Crippen LogP contribution in [-0.2, 0) is 0 Å². The van der Waals surface area contributed by atoms with Crippen molar-refractivity contribution < 1.29 is 10.0 Å². The Morgan fingerprint density at radius 3 is 2.64 bits per heavy atom. The van der Waals surface area contributed by atoms with Gasteiger partial charge in [-0.1, -0.05) is 6.42 Å². The average molecular weight is 159 g/mol. The molecule has 1 rings (SSSR count). The maximum absolute atomic E-state index is 10.4. The molecule has 4 nitrogen and oxygen atoms in total. The van der Waals surface area contributed by atoms with Crippen LogP contribution in [0.1, 0.15) is 32.6 Å². The van der Waals surface area contributed by atoms with E-state index in [4.69, 9.17) is 0 Å². The molecule has 0 unspecified atom stereocenters. The zero-order valence-electron chi connectivity index (χ0n) is 6.62. The molecule has 0 aliphatic heterocycles. The fourth-order valence-electron chi connectivity index (χ4n) is 1.63. The first-order chi connectivity index (χ1) is 5.04. The summed E-state index contributed by atoms with van der Waals surface area (Å²) in [7, 11) is 0. The summed E-state index contributed by atoms with van der Waals surface area (Å²) >= 11 is 0. The first-order valence-electron chi connectivity index (χ1n) is 3.90. The lowest BCUT2D eigenvalue weighted by Gasteiger charge is -2.30. The van der Waals surface area contributed by atoms with Gasteiger partial charge < -0.3 is 5.11 Å². The van der Waals surface area contributed by atoms with Gasteiger partial charge in [-0.15, -0.1) is 0 Å². The number of hydrogen-bond donors (Lipinski definition) is 1. The highest BCUT2D eigenvalue weighted by atomic mass is 16.6. The highest BCUT2D eigenvalue weighted by molar-refractivity contribution is 4.85. The van der Waals surface area contributed by atoms with E-state index in [0.717, 1.165) is 12.8 Å². The molecule has 0 aromatic carbocycles. The van der Waals surface area contributed by atoms with Crippen molar-refractivity contribution in [2.75, 3.05) is 0 Å². The van der Waals surface area contributed by atoms with Crippen molar-refractivity contribution in [2.45, 2.75) is 44.2 Å². The second-order valence-electron chi connectivity index (χ2n) is 3.40. The first kappa shape index (κ1) is 8.46. The Kier molecular flexibility index (Phi) is 2.13.